The van der Waals surface area contributed by atoms with Crippen molar-refractivity contribution in [2.24, 2.45) is 0 Å². The average molecular weight is 270 g/mol. The second kappa shape index (κ2) is 5.54. The van der Waals surface area contributed by atoms with E-state index in [0.29, 0.717) is 0 Å². The van der Waals surface area contributed by atoms with Gasteiger partial charge in [-0.1, -0.05) is 0 Å². The SMILES string of the molecule is Cc1nc(-c2ccncc2)nc(N2CCCCO2)c1C. The van der Waals surface area contributed by atoms with Gasteiger partial charge in [0, 0.05) is 35.8 Å². The van der Waals surface area contributed by atoms with E-state index in [1.54, 1.807) is 12.4 Å². The summed E-state index contributed by atoms with van der Waals surface area (Å²) in [6.45, 7) is 5.69. The summed E-state index contributed by atoms with van der Waals surface area (Å²) in [7, 11) is 0. The molecule has 2 aromatic rings. The van der Waals surface area contributed by atoms with Gasteiger partial charge in [-0.3, -0.25) is 9.82 Å². The minimum Gasteiger partial charge on any atom is -0.272 e. The predicted molar refractivity (Wildman–Crippen MR) is 77.3 cm³/mol. The summed E-state index contributed by atoms with van der Waals surface area (Å²) in [6.07, 6.45) is 5.75. The standard InChI is InChI=1S/C15H18N4O/c1-11-12(2)17-14(13-5-7-16-8-6-13)18-15(11)19-9-3-4-10-20-19/h5-8H,3-4,9-10H2,1-2H3. The first-order valence-corrected chi connectivity index (χ1v) is 6.92. The Morgan fingerprint density at radius 1 is 1.10 bits per heavy atom. The fourth-order valence-electron chi connectivity index (χ4n) is 2.25. The average Bonchev–Trinajstić information content (AvgIpc) is 2.51. The van der Waals surface area contributed by atoms with Crippen LogP contribution in [0.1, 0.15) is 24.1 Å². The van der Waals surface area contributed by atoms with Gasteiger partial charge in [-0.05, 0) is 38.8 Å². The third-order valence-electron chi connectivity index (χ3n) is 3.54. The number of aromatic nitrogens is 3. The maximum Gasteiger partial charge on any atom is 0.161 e. The van der Waals surface area contributed by atoms with E-state index in [1.165, 1.54) is 0 Å². The van der Waals surface area contributed by atoms with Crippen molar-refractivity contribution in [1.29, 1.82) is 0 Å². The van der Waals surface area contributed by atoms with Gasteiger partial charge in [-0.25, -0.2) is 15.0 Å². The van der Waals surface area contributed by atoms with Gasteiger partial charge in [-0.2, -0.15) is 0 Å². The second-order valence-corrected chi connectivity index (χ2v) is 4.96. The van der Waals surface area contributed by atoms with Crippen LogP contribution in [-0.2, 0) is 4.84 Å². The number of hydroxylamine groups is 1. The van der Waals surface area contributed by atoms with Gasteiger partial charge in [0.15, 0.2) is 11.6 Å². The minimum atomic E-state index is 0.722. The van der Waals surface area contributed by atoms with Crippen LogP contribution in [0.25, 0.3) is 11.4 Å². The molecular formula is C15H18N4O. The molecule has 20 heavy (non-hydrogen) atoms. The van der Waals surface area contributed by atoms with Gasteiger partial charge in [0.25, 0.3) is 0 Å². The highest BCUT2D eigenvalue weighted by atomic mass is 16.7. The third-order valence-corrected chi connectivity index (χ3v) is 3.54. The zero-order chi connectivity index (χ0) is 13.9. The monoisotopic (exact) mass is 270 g/mol. The molecule has 0 bridgehead atoms. The fourth-order valence-corrected chi connectivity index (χ4v) is 2.25. The molecule has 0 radical (unpaired) electrons. The normalized spacial score (nSPS) is 15.4. The van der Waals surface area contributed by atoms with Gasteiger partial charge in [0.1, 0.15) is 0 Å². The van der Waals surface area contributed by atoms with E-state index in [4.69, 9.17) is 4.84 Å². The van der Waals surface area contributed by atoms with Gasteiger partial charge >= 0.3 is 0 Å². The Labute approximate surface area is 118 Å². The third kappa shape index (κ3) is 2.49. The molecule has 5 nitrogen and oxygen atoms in total. The van der Waals surface area contributed by atoms with E-state index in [-0.39, 0.29) is 0 Å². The Morgan fingerprint density at radius 3 is 2.60 bits per heavy atom. The zero-order valence-electron chi connectivity index (χ0n) is 11.8. The van der Waals surface area contributed by atoms with Crippen molar-refractivity contribution in [2.75, 3.05) is 18.2 Å². The van der Waals surface area contributed by atoms with Crippen LogP contribution < -0.4 is 5.06 Å². The first kappa shape index (κ1) is 13.0. The van der Waals surface area contributed by atoms with E-state index in [1.807, 2.05) is 31.0 Å². The van der Waals surface area contributed by atoms with Crippen LogP contribution in [0.2, 0.25) is 0 Å². The topological polar surface area (TPSA) is 51.1 Å². The number of nitrogens with zero attached hydrogens (tertiary/aromatic N) is 4. The summed E-state index contributed by atoms with van der Waals surface area (Å²) in [4.78, 5) is 19.0. The van der Waals surface area contributed by atoms with Crippen LogP contribution in [0.5, 0.6) is 0 Å². The first-order valence-electron chi connectivity index (χ1n) is 6.92. The molecule has 0 amide bonds. The molecule has 1 fully saturated rings. The van der Waals surface area contributed by atoms with E-state index in [0.717, 1.165) is 54.5 Å². The number of hydrogen-bond donors (Lipinski definition) is 0. The van der Waals surface area contributed by atoms with Crippen LogP contribution in [0, 0.1) is 13.8 Å². The summed E-state index contributed by atoms with van der Waals surface area (Å²) >= 11 is 0. The molecule has 2 aromatic heterocycles. The van der Waals surface area contributed by atoms with Gasteiger partial charge in [0.2, 0.25) is 0 Å². The summed E-state index contributed by atoms with van der Waals surface area (Å²) in [6, 6.07) is 3.84. The molecule has 0 saturated carbocycles. The van der Waals surface area contributed by atoms with Crippen LogP contribution >= 0.6 is 0 Å². The van der Waals surface area contributed by atoms with Crippen LogP contribution in [-0.4, -0.2) is 28.1 Å². The molecular weight excluding hydrogens is 252 g/mol. The summed E-state index contributed by atoms with van der Waals surface area (Å²) in [5, 5.41) is 1.90. The summed E-state index contributed by atoms with van der Waals surface area (Å²) in [5.74, 6) is 1.60. The Hall–Kier alpha value is -2.01. The molecule has 0 N–H and O–H groups in total. The number of rotatable bonds is 2. The Balaban J connectivity index is 2.03. The quantitative estimate of drug-likeness (QED) is 0.839. The number of pyridine rings is 1. The van der Waals surface area contributed by atoms with E-state index >= 15 is 0 Å². The Kier molecular flexibility index (Phi) is 3.60. The molecule has 1 saturated heterocycles. The van der Waals surface area contributed by atoms with Gasteiger partial charge in [0.05, 0.1) is 6.61 Å². The maximum absolute atomic E-state index is 5.72. The van der Waals surface area contributed by atoms with E-state index in [9.17, 15) is 0 Å². The Bertz CT molecular complexity index is 594. The molecule has 1 aliphatic heterocycles. The van der Waals surface area contributed by atoms with Gasteiger partial charge < -0.3 is 0 Å². The lowest BCUT2D eigenvalue weighted by atomic mass is 10.2. The summed E-state index contributed by atoms with van der Waals surface area (Å²) < 4.78 is 0. The van der Waals surface area contributed by atoms with Crippen LogP contribution in [0.15, 0.2) is 24.5 Å². The highest BCUT2D eigenvalue weighted by molar-refractivity contribution is 5.59. The van der Waals surface area contributed by atoms with Crippen LogP contribution in [0.4, 0.5) is 5.82 Å². The highest BCUT2D eigenvalue weighted by Crippen LogP contribution is 2.26. The lowest BCUT2D eigenvalue weighted by Gasteiger charge is -2.28. The minimum absolute atomic E-state index is 0.722. The maximum atomic E-state index is 5.72. The first-order chi connectivity index (χ1) is 9.75. The molecule has 5 heteroatoms. The zero-order valence-corrected chi connectivity index (χ0v) is 11.8. The predicted octanol–water partition coefficient (Wildman–Crippen LogP) is 2.69. The smallest absolute Gasteiger partial charge is 0.161 e. The molecule has 0 atom stereocenters. The lowest BCUT2D eigenvalue weighted by Crippen LogP contribution is -2.31. The molecule has 0 aromatic carbocycles. The van der Waals surface area contributed by atoms with Crippen LogP contribution in [0.3, 0.4) is 0 Å². The van der Waals surface area contributed by atoms with Crippen molar-refractivity contribution in [3.8, 4) is 11.4 Å². The highest BCUT2D eigenvalue weighted by Gasteiger charge is 2.18. The fraction of sp³-hybridized carbons (Fsp3) is 0.400. The van der Waals surface area contributed by atoms with Gasteiger partial charge in [-0.15, -0.1) is 0 Å². The van der Waals surface area contributed by atoms with Crippen molar-refractivity contribution in [2.45, 2.75) is 26.7 Å². The summed E-state index contributed by atoms with van der Waals surface area (Å²) in [5.41, 5.74) is 3.03. The molecule has 0 aliphatic carbocycles. The largest absolute Gasteiger partial charge is 0.272 e. The number of anilines is 1. The lowest BCUT2D eigenvalue weighted by molar-refractivity contribution is 0.0758. The second-order valence-electron chi connectivity index (χ2n) is 4.96. The molecule has 3 heterocycles. The Morgan fingerprint density at radius 2 is 1.90 bits per heavy atom. The molecule has 0 unspecified atom stereocenters. The molecule has 3 rings (SSSR count). The van der Waals surface area contributed by atoms with Crippen molar-refractivity contribution < 1.29 is 4.84 Å². The van der Waals surface area contributed by atoms with E-state index < -0.39 is 0 Å². The van der Waals surface area contributed by atoms with Crippen molar-refractivity contribution in [3.63, 3.8) is 0 Å². The molecule has 1 aliphatic rings. The van der Waals surface area contributed by atoms with Crippen molar-refractivity contribution in [1.82, 2.24) is 15.0 Å². The van der Waals surface area contributed by atoms with E-state index in [2.05, 4.69) is 15.0 Å². The molecule has 104 valence electrons. The van der Waals surface area contributed by atoms with Crippen molar-refractivity contribution in [3.05, 3.63) is 35.8 Å². The molecule has 0 spiro atoms. The number of aryl methyl sites for hydroxylation is 1. The number of hydrogen-bond acceptors (Lipinski definition) is 5. The van der Waals surface area contributed by atoms with Crippen molar-refractivity contribution >= 4 is 5.82 Å².